The van der Waals surface area contributed by atoms with Crippen molar-refractivity contribution in [3.8, 4) is 11.1 Å². The molecule has 0 fully saturated rings. The molecule has 0 unspecified atom stereocenters. The zero-order chi connectivity index (χ0) is 12.6. The fourth-order valence-electron chi connectivity index (χ4n) is 1.85. The van der Waals surface area contributed by atoms with Gasteiger partial charge in [0.25, 0.3) is 0 Å². The molecular formula is C13H16ClN3O. The summed E-state index contributed by atoms with van der Waals surface area (Å²) in [5.41, 5.74) is 9.89. The minimum absolute atomic E-state index is 0. The third kappa shape index (κ3) is 2.54. The van der Waals surface area contributed by atoms with E-state index in [0.29, 0.717) is 5.56 Å². The fraction of sp³-hybridized carbons (Fsp3) is 0.231. The molecule has 0 aliphatic rings. The molecule has 5 heteroatoms. The summed E-state index contributed by atoms with van der Waals surface area (Å²) in [5.74, 6) is -0.392. The van der Waals surface area contributed by atoms with E-state index in [4.69, 9.17) is 5.73 Å². The van der Waals surface area contributed by atoms with Gasteiger partial charge < -0.3 is 5.73 Å². The Morgan fingerprint density at radius 2 is 1.94 bits per heavy atom. The first-order valence-electron chi connectivity index (χ1n) is 5.39. The molecule has 1 heterocycles. The molecular weight excluding hydrogens is 250 g/mol. The van der Waals surface area contributed by atoms with Crippen LogP contribution in [0.25, 0.3) is 11.1 Å². The molecule has 1 amide bonds. The number of halogens is 1. The van der Waals surface area contributed by atoms with Gasteiger partial charge in [-0.05, 0) is 36.6 Å². The van der Waals surface area contributed by atoms with Gasteiger partial charge in [-0.3, -0.25) is 9.48 Å². The Hall–Kier alpha value is -1.81. The SMILES string of the molecule is Cc1cc(-c2cnn(C)c2)cc(C(N)=O)c1C.Cl. The number of amides is 1. The molecule has 1 aromatic heterocycles. The van der Waals surface area contributed by atoms with E-state index in [9.17, 15) is 4.79 Å². The molecule has 0 saturated heterocycles. The lowest BCUT2D eigenvalue weighted by molar-refractivity contribution is 0.0999. The molecule has 0 atom stereocenters. The molecule has 0 radical (unpaired) electrons. The average Bonchev–Trinajstić information content (AvgIpc) is 2.68. The topological polar surface area (TPSA) is 60.9 Å². The third-order valence-electron chi connectivity index (χ3n) is 2.97. The number of hydrogen-bond acceptors (Lipinski definition) is 2. The number of rotatable bonds is 2. The van der Waals surface area contributed by atoms with Crippen LogP contribution in [0.3, 0.4) is 0 Å². The van der Waals surface area contributed by atoms with Crippen LogP contribution >= 0.6 is 12.4 Å². The van der Waals surface area contributed by atoms with Crippen LogP contribution in [0.1, 0.15) is 21.5 Å². The van der Waals surface area contributed by atoms with Gasteiger partial charge in [-0.15, -0.1) is 12.4 Å². The van der Waals surface area contributed by atoms with Crippen molar-refractivity contribution in [2.75, 3.05) is 0 Å². The van der Waals surface area contributed by atoms with E-state index in [-0.39, 0.29) is 12.4 Å². The first-order valence-corrected chi connectivity index (χ1v) is 5.39. The summed E-state index contributed by atoms with van der Waals surface area (Å²) in [6.07, 6.45) is 3.68. The maximum absolute atomic E-state index is 11.4. The molecule has 0 spiro atoms. The number of benzene rings is 1. The third-order valence-corrected chi connectivity index (χ3v) is 2.97. The van der Waals surface area contributed by atoms with Crippen molar-refractivity contribution in [2.45, 2.75) is 13.8 Å². The van der Waals surface area contributed by atoms with E-state index in [1.165, 1.54) is 0 Å². The minimum Gasteiger partial charge on any atom is -0.366 e. The van der Waals surface area contributed by atoms with Crippen molar-refractivity contribution < 1.29 is 4.79 Å². The summed E-state index contributed by atoms with van der Waals surface area (Å²) >= 11 is 0. The number of carbonyl (C=O) groups excluding carboxylic acids is 1. The minimum atomic E-state index is -0.392. The Kier molecular flexibility index (Phi) is 4.14. The molecule has 0 saturated carbocycles. The number of nitrogens with zero attached hydrogens (tertiary/aromatic N) is 2. The molecule has 4 nitrogen and oxygen atoms in total. The van der Waals surface area contributed by atoms with Gasteiger partial charge >= 0.3 is 0 Å². The maximum atomic E-state index is 11.4. The van der Waals surface area contributed by atoms with Crippen molar-refractivity contribution in [1.82, 2.24) is 9.78 Å². The monoisotopic (exact) mass is 265 g/mol. The van der Waals surface area contributed by atoms with Gasteiger partial charge in [0.2, 0.25) is 5.91 Å². The van der Waals surface area contributed by atoms with Gasteiger partial charge in [0.15, 0.2) is 0 Å². The lowest BCUT2D eigenvalue weighted by Gasteiger charge is -2.08. The zero-order valence-electron chi connectivity index (χ0n) is 10.6. The fourth-order valence-corrected chi connectivity index (χ4v) is 1.85. The van der Waals surface area contributed by atoms with Crippen LogP contribution in [0.5, 0.6) is 0 Å². The number of primary amides is 1. The van der Waals surface area contributed by atoms with Crippen molar-refractivity contribution in [1.29, 1.82) is 0 Å². The van der Waals surface area contributed by atoms with Gasteiger partial charge in [0.05, 0.1) is 6.20 Å². The lowest BCUT2D eigenvalue weighted by atomic mass is 9.97. The van der Waals surface area contributed by atoms with Crippen LogP contribution in [-0.2, 0) is 7.05 Å². The van der Waals surface area contributed by atoms with E-state index in [2.05, 4.69) is 5.10 Å². The second-order valence-electron chi connectivity index (χ2n) is 4.23. The Balaban J connectivity index is 0.00000162. The molecule has 1 aromatic carbocycles. The van der Waals surface area contributed by atoms with Crippen LogP contribution in [0.4, 0.5) is 0 Å². The van der Waals surface area contributed by atoms with E-state index < -0.39 is 5.91 Å². The highest BCUT2D eigenvalue weighted by atomic mass is 35.5. The highest BCUT2D eigenvalue weighted by Crippen LogP contribution is 2.24. The Morgan fingerprint density at radius 3 is 2.44 bits per heavy atom. The lowest BCUT2D eigenvalue weighted by Crippen LogP contribution is -2.13. The number of nitrogens with two attached hydrogens (primary N) is 1. The predicted octanol–water partition coefficient (Wildman–Crippen LogP) is 2.22. The molecule has 0 aliphatic carbocycles. The molecule has 0 bridgehead atoms. The van der Waals surface area contributed by atoms with E-state index in [0.717, 1.165) is 22.3 Å². The molecule has 96 valence electrons. The van der Waals surface area contributed by atoms with Crippen LogP contribution in [0.15, 0.2) is 24.5 Å². The van der Waals surface area contributed by atoms with E-state index in [1.807, 2.05) is 39.2 Å². The number of aromatic nitrogens is 2. The standard InChI is InChI=1S/C13H15N3O.ClH/c1-8-4-10(11-6-15-16(3)7-11)5-12(9(8)2)13(14)17;/h4-7H,1-3H3,(H2,14,17);1H. The van der Waals surface area contributed by atoms with Crippen LogP contribution < -0.4 is 5.73 Å². The highest BCUT2D eigenvalue weighted by molar-refractivity contribution is 5.96. The Morgan fingerprint density at radius 1 is 1.28 bits per heavy atom. The van der Waals surface area contributed by atoms with Crippen LogP contribution in [0.2, 0.25) is 0 Å². The second-order valence-corrected chi connectivity index (χ2v) is 4.23. The quantitative estimate of drug-likeness (QED) is 0.905. The maximum Gasteiger partial charge on any atom is 0.248 e. The number of carbonyl (C=O) groups is 1. The van der Waals surface area contributed by atoms with Crippen LogP contribution in [0, 0.1) is 13.8 Å². The molecule has 0 aliphatic heterocycles. The van der Waals surface area contributed by atoms with E-state index in [1.54, 1.807) is 10.9 Å². The second kappa shape index (κ2) is 5.23. The molecule has 2 aromatic rings. The summed E-state index contributed by atoms with van der Waals surface area (Å²) in [7, 11) is 1.86. The van der Waals surface area contributed by atoms with Crippen molar-refractivity contribution in [2.24, 2.45) is 12.8 Å². The summed E-state index contributed by atoms with van der Waals surface area (Å²) in [6.45, 7) is 3.88. The normalized spacial score (nSPS) is 9.94. The predicted molar refractivity (Wildman–Crippen MR) is 73.9 cm³/mol. The largest absolute Gasteiger partial charge is 0.366 e. The van der Waals surface area contributed by atoms with Gasteiger partial charge in [-0.25, -0.2) is 0 Å². The molecule has 18 heavy (non-hydrogen) atoms. The smallest absolute Gasteiger partial charge is 0.248 e. The van der Waals surface area contributed by atoms with Crippen LogP contribution in [-0.4, -0.2) is 15.7 Å². The summed E-state index contributed by atoms with van der Waals surface area (Å²) in [4.78, 5) is 11.4. The summed E-state index contributed by atoms with van der Waals surface area (Å²) < 4.78 is 1.73. The van der Waals surface area contributed by atoms with Gasteiger partial charge in [0.1, 0.15) is 0 Å². The summed E-state index contributed by atoms with van der Waals surface area (Å²) in [6, 6.07) is 3.86. The highest BCUT2D eigenvalue weighted by Gasteiger charge is 2.10. The molecule has 2 N–H and O–H groups in total. The Bertz CT molecular complexity index is 590. The van der Waals surface area contributed by atoms with Crippen molar-refractivity contribution in [3.05, 3.63) is 41.2 Å². The van der Waals surface area contributed by atoms with Gasteiger partial charge in [0, 0.05) is 24.4 Å². The zero-order valence-corrected chi connectivity index (χ0v) is 11.4. The van der Waals surface area contributed by atoms with E-state index >= 15 is 0 Å². The first-order chi connectivity index (χ1) is 7.99. The number of hydrogen-bond donors (Lipinski definition) is 1. The van der Waals surface area contributed by atoms with Crippen molar-refractivity contribution in [3.63, 3.8) is 0 Å². The van der Waals surface area contributed by atoms with Gasteiger partial charge in [-0.1, -0.05) is 6.07 Å². The first kappa shape index (κ1) is 14.3. The average molecular weight is 266 g/mol. The molecule has 2 rings (SSSR count). The number of aryl methyl sites for hydroxylation is 2. The van der Waals surface area contributed by atoms with Crippen molar-refractivity contribution >= 4 is 18.3 Å². The Labute approximate surface area is 112 Å². The van der Waals surface area contributed by atoms with Gasteiger partial charge in [-0.2, -0.15) is 5.10 Å². The summed E-state index contributed by atoms with van der Waals surface area (Å²) in [5, 5.41) is 4.12.